The maximum atomic E-state index is 12.2. The summed E-state index contributed by atoms with van der Waals surface area (Å²) in [6.45, 7) is 3.52. The van der Waals surface area contributed by atoms with Crippen molar-refractivity contribution >= 4 is 11.8 Å². The van der Waals surface area contributed by atoms with Gasteiger partial charge in [0.05, 0.1) is 25.7 Å². The Hall–Kier alpha value is -1.76. The van der Waals surface area contributed by atoms with E-state index in [1.807, 2.05) is 18.2 Å². The van der Waals surface area contributed by atoms with Crippen LogP contribution in [0.1, 0.15) is 63.9 Å². The number of unbranched alkanes of at least 4 members (excludes halogenated alkanes) is 2. The van der Waals surface area contributed by atoms with Gasteiger partial charge in [0.15, 0.2) is 11.6 Å². The van der Waals surface area contributed by atoms with E-state index in [0.717, 1.165) is 32.3 Å². The van der Waals surface area contributed by atoms with E-state index in [1.165, 1.54) is 5.56 Å². The molecular weight excluding hydrogens is 372 g/mol. The normalized spacial score (nSPS) is 25.9. The highest BCUT2D eigenvalue weighted by Crippen LogP contribution is 2.42. The number of carbonyl (C=O) groups is 2. The van der Waals surface area contributed by atoms with Gasteiger partial charge in [-0.2, -0.15) is 0 Å². The molecule has 2 aliphatic heterocycles. The predicted octanol–water partition coefficient (Wildman–Crippen LogP) is 3.95. The van der Waals surface area contributed by atoms with Crippen molar-refractivity contribution in [1.82, 2.24) is 0 Å². The zero-order valence-electron chi connectivity index (χ0n) is 17.3. The largest absolute Gasteiger partial charge is 0.466 e. The number of fused-ring (bicyclic) bond motifs is 2. The number of esters is 1. The topological polar surface area (TPSA) is 71.1 Å². The molecule has 1 aromatic carbocycles. The average Bonchev–Trinajstić information content (AvgIpc) is 3.04. The summed E-state index contributed by atoms with van der Waals surface area (Å²) in [7, 11) is 0. The molecule has 3 atom stereocenters. The quantitative estimate of drug-likeness (QED) is 0.388. The minimum Gasteiger partial charge on any atom is -0.466 e. The van der Waals surface area contributed by atoms with E-state index in [2.05, 4.69) is 12.1 Å². The van der Waals surface area contributed by atoms with Crippen LogP contribution < -0.4 is 0 Å². The third-order valence-electron chi connectivity index (χ3n) is 5.52. The van der Waals surface area contributed by atoms with E-state index < -0.39 is 11.9 Å². The van der Waals surface area contributed by atoms with Crippen molar-refractivity contribution in [1.29, 1.82) is 0 Å². The molecule has 29 heavy (non-hydrogen) atoms. The molecule has 0 aromatic heterocycles. The molecule has 2 aliphatic rings. The molecule has 0 aliphatic carbocycles. The van der Waals surface area contributed by atoms with Crippen LogP contribution in [-0.2, 0) is 35.1 Å². The summed E-state index contributed by atoms with van der Waals surface area (Å²) >= 11 is 0. The second-order valence-electron chi connectivity index (χ2n) is 7.76. The molecule has 1 aromatic rings. The first-order valence-corrected chi connectivity index (χ1v) is 10.8. The van der Waals surface area contributed by atoms with E-state index in [9.17, 15) is 9.59 Å². The lowest BCUT2D eigenvalue weighted by Gasteiger charge is -2.30. The second-order valence-corrected chi connectivity index (χ2v) is 7.76. The van der Waals surface area contributed by atoms with Crippen LogP contribution in [0.5, 0.6) is 0 Å². The monoisotopic (exact) mass is 404 g/mol. The molecule has 3 unspecified atom stereocenters. The number of carbonyl (C=O) groups excluding carboxylic acids is 2. The second kappa shape index (κ2) is 10.9. The first-order chi connectivity index (χ1) is 14.1. The van der Waals surface area contributed by atoms with Crippen molar-refractivity contribution in [2.24, 2.45) is 0 Å². The summed E-state index contributed by atoms with van der Waals surface area (Å²) in [6, 6.07) is 10.1. The zero-order chi connectivity index (χ0) is 20.5. The van der Waals surface area contributed by atoms with Crippen molar-refractivity contribution in [3.8, 4) is 0 Å². The van der Waals surface area contributed by atoms with Gasteiger partial charge in [-0.15, -0.1) is 0 Å². The van der Waals surface area contributed by atoms with E-state index in [4.69, 9.17) is 18.9 Å². The van der Waals surface area contributed by atoms with Crippen molar-refractivity contribution in [3.63, 3.8) is 0 Å². The SMILES string of the molecule is CCOC(=O)CCC12CCC(=O)C(O1)C(CCCCCOCc1ccccc1)O2. The zero-order valence-corrected chi connectivity index (χ0v) is 17.3. The maximum Gasteiger partial charge on any atom is 0.305 e. The predicted molar refractivity (Wildman–Crippen MR) is 107 cm³/mol. The van der Waals surface area contributed by atoms with Gasteiger partial charge in [0.2, 0.25) is 0 Å². The Bertz CT molecular complexity index is 661. The Morgan fingerprint density at radius 1 is 1.17 bits per heavy atom. The minimum absolute atomic E-state index is 0.116. The van der Waals surface area contributed by atoms with Crippen LogP contribution in [0, 0.1) is 0 Å². The van der Waals surface area contributed by atoms with E-state index >= 15 is 0 Å². The molecule has 3 rings (SSSR count). The lowest BCUT2D eigenvalue weighted by molar-refractivity contribution is -0.201. The maximum absolute atomic E-state index is 12.2. The third-order valence-corrected chi connectivity index (χ3v) is 5.52. The van der Waals surface area contributed by atoms with Gasteiger partial charge >= 0.3 is 5.97 Å². The fourth-order valence-corrected chi connectivity index (χ4v) is 3.99. The van der Waals surface area contributed by atoms with Crippen LogP contribution in [0.25, 0.3) is 0 Å². The number of ketones is 1. The molecule has 0 radical (unpaired) electrons. The fraction of sp³-hybridized carbons (Fsp3) is 0.652. The third kappa shape index (κ3) is 6.36. The number of rotatable bonds is 12. The lowest BCUT2D eigenvalue weighted by atomic mass is 9.96. The standard InChI is InChI=1S/C23H32O6/c1-2-27-21(25)13-15-23-14-12-19(24)22(29-23)20(28-23)11-7-4-8-16-26-17-18-9-5-3-6-10-18/h3,5-6,9-10,20,22H,2,4,7-8,11-17H2,1H3. The molecule has 160 valence electrons. The van der Waals surface area contributed by atoms with Gasteiger partial charge in [-0.05, 0) is 25.3 Å². The van der Waals surface area contributed by atoms with E-state index in [-0.39, 0.29) is 24.3 Å². The Morgan fingerprint density at radius 3 is 2.79 bits per heavy atom. The first kappa shape index (κ1) is 21.9. The van der Waals surface area contributed by atoms with Crippen LogP contribution in [0.4, 0.5) is 0 Å². The Labute approximate surface area is 172 Å². The van der Waals surface area contributed by atoms with Crippen molar-refractivity contribution in [3.05, 3.63) is 35.9 Å². The number of ether oxygens (including phenoxy) is 4. The number of benzene rings is 1. The van der Waals surface area contributed by atoms with Gasteiger partial charge in [0.25, 0.3) is 0 Å². The van der Waals surface area contributed by atoms with Crippen LogP contribution in [0.2, 0.25) is 0 Å². The molecular formula is C23H32O6. The smallest absolute Gasteiger partial charge is 0.305 e. The number of Topliss-reactive ketones (excluding diaryl/α,β-unsaturated/α-hetero) is 1. The Morgan fingerprint density at radius 2 is 2.00 bits per heavy atom. The summed E-state index contributed by atoms with van der Waals surface area (Å²) in [5.74, 6) is -0.929. The first-order valence-electron chi connectivity index (χ1n) is 10.8. The Balaban J connectivity index is 1.35. The van der Waals surface area contributed by atoms with Crippen molar-refractivity contribution in [2.75, 3.05) is 13.2 Å². The molecule has 6 heteroatoms. The summed E-state index contributed by atoms with van der Waals surface area (Å²) in [6.07, 6.45) is 4.72. The summed E-state index contributed by atoms with van der Waals surface area (Å²) in [4.78, 5) is 23.9. The van der Waals surface area contributed by atoms with E-state index in [0.29, 0.717) is 32.5 Å². The molecule has 2 saturated heterocycles. The van der Waals surface area contributed by atoms with Crippen molar-refractivity contribution < 1.29 is 28.5 Å². The van der Waals surface area contributed by atoms with Gasteiger partial charge < -0.3 is 18.9 Å². The van der Waals surface area contributed by atoms with Gasteiger partial charge in [-0.25, -0.2) is 0 Å². The summed E-state index contributed by atoms with van der Waals surface area (Å²) in [5.41, 5.74) is 1.18. The Kier molecular flexibility index (Phi) is 8.21. The summed E-state index contributed by atoms with van der Waals surface area (Å²) in [5, 5.41) is 0. The highest BCUT2D eigenvalue weighted by molar-refractivity contribution is 5.85. The van der Waals surface area contributed by atoms with Gasteiger partial charge in [0, 0.05) is 25.9 Å². The van der Waals surface area contributed by atoms with Crippen LogP contribution in [0.3, 0.4) is 0 Å². The highest BCUT2D eigenvalue weighted by atomic mass is 16.8. The highest BCUT2D eigenvalue weighted by Gasteiger charge is 2.53. The lowest BCUT2D eigenvalue weighted by Crippen LogP contribution is -2.39. The minimum atomic E-state index is -0.797. The molecule has 2 bridgehead atoms. The fourth-order valence-electron chi connectivity index (χ4n) is 3.99. The molecule has 0 amide bonds. The number of hydrogen-bond donors (Lipinski definition) is 0. The number of hydrogen-bond acceptors (Lipinski definition) is 6. The van der Waals surface area contributed by atoms with Crippen LogP contribution in [-0.4, -0.2) is 43.0 Å². The molecule has 0 spiro atoms. The molecule has 0 N–H and O–H groups in total. The van der Waals surface area contributed by atoms with E-state index in [1.54, 1.807) is 6.92 Å². The van der Waals surface area contributed by atoms with Gasteiger partial charge in [-0.3, -0.25) is 9.59 Å². The molecule has 2 heterocycles. The van der Waals surface area contributed by atoms with Gasteiger partial charge in [-0.1, -0.05) is 43.2 Å². The average molecular weight is 405 g/mol. The summed E-state index contributed by atoms with van der Waals surface area (Å²) < 4.78 is 22.9. The van der Waals surface area contributed by atoms with Crippen molar-refractivity contribution in [2.45, 2.75) is 82.9 Å². The molecule has 2 fully saturated rings. The van der Waals surface area contributed by atoms with Gasteiger partial charge in [0.1, 0.15) is 6.10 Å². The van der Waals surface area contributed by atoms with Crippen LogP contribution >= 0.6 is 0 Å². The van der Waals surface area contributed by atoms with Crippen LogP contribution in [0.15, 0.2) is 30.3 Å². The molecule has 6 nitrogen and oxygen atoms in total. The molecule has 0 saturated carbocycles.